The van der Waals surface area contributed by atoms with E-state index in [-0.39, 0.29) is 74.3 Å². The number of rotatable bonds is 12. The SMILES string of the molecule is C=C1CC[C@@]2(O)[C@H]3Cc4ccc(C(N)=O)c(O)c4[C@@]2(CCN3CC2CCC2)C1.C=C1CC[C@H]2[C@H]3Cc4ccc(C(N)=O)c(O)c4[C@@]2(CCN3CC2CCC2)C1.NC(=O)c1ccc2c(c1O)[C@@]13CCCC[C@@]1(O)[C@@H](C2)N(CC1CCC1)CC3.NC(=O)c1ccc2c(c1O)[C@]13CCN(CC4CCC4)[C@H](C2)[C@@H]1CC[C@H](O)C3. The Hall–Kier alpha value is -6.84. The molecule has 15 N–H and O–H groups in total. The number of aromatic hydroxyl groups is 4. The quantitative estimate of drug-likeness (QED) is 0.0588. The summed E-state index contributed by atoms with van der Waals surface area (Å²) in [5.74, 6) is 2.10. The van der Waals surface area contributed by atoms with Crippen molar-refractivity contribution in [1.29, 1.82) is 0 Å². The molecule has 16 aliphatic rings. The summed E-state index contributed by atoms with van der Waals surface area (Å²) in [7, 11) is 0. The van der Waals surface area contributed by atoms with Gasteiger partial charge in [0.05, 0.1) is 39.6 Å². The molecule has 13 atom stereocenters. The second kappa shape index (κ2) is 28.4. The molecule has 4 aromatic rings. The van der Waals surface area contributed by atoms with Gasteiger partial charge < -0.3 is 58.7 Å². The first-order chi connectivity index (χ1) is 52.3. The van der Waals surface area contributed by atoms with Crippen molar-refractivity contribution < 1.29 is 54.9 Å². The molecule has 12 fully saturated rings. The molecule has 4 amide bonds. The summed E-state index contributed by atoms with van der Waals surface area (Å²) < 4.78 is 0. The fraction of sp³-hybridized carbons (Fsp3) is 0.644. The molecular weight excluding hydrogens is 1370 g/mol. The normalized spacial score (nSPS) is 34.9. The number of amides is 4. The summed E-state index contributed by atoms with van der Waals surface area (Å²) in [6, 6.07) is 15.8. The highest BCUT2D eigenvalue weighted by Gasteiger charge is 2.67. The predicted octanol–water partition coefficient (Wildman–Crippen LogP) is 10.9. The second-order valence-electron chi connectivity index (χ2n) is 37.7. The molecule has 0 unspecified atom stereocenters. The topological polar surface area (TPSA) is 327 Å². The molecule has 4 heterocycles. The number of piperidine rings is 4. The Kier molecular flexibility index (Phi) is 19.5. The second-order valence-corrected chi connectivity index (χ2v) is 37.7. The number of nitrogens with zero attached hydrogens (tertiary/aromatic N) is 4. The molecule has 0 spiro atoms. The van der Waals surface area contributed by atoms with Crippen LogP contribution in [-0.4, -0.2) is 173 Å². The average molecular weight is 1490 g/mol. The van der Waals surface area contributed by atoms with Gasteiger partial charge in [-0.05, 0) is 282 Å². The number of likely N-dealkylation sites (tertiary alicyclic amines) is 4. The van der Waals surface area contributed by atoms with Crippen LogP contribution in [-0.2, 0) is 47.3 Å². The number of hydrogen-bond acceptors (Lipinski definition) is 15. The highest BCUT2D eigenvalue weighted by molar-refractivity contribution is 5.98. The molecule has 0 radical (unpaired) electrons. The first-order valence-electron chi connectivity index (χ1n) is 42.3. The summed E-state index contributed by atoms with van der Waals surface area (Å²) in [5, 5.41) is 78.8. The summed E-state index contributed by atoms with van der Waals surface area (Å²) in [6.07, 6.45) is 34.3. The van der Waals surface area contributed by atoms with E-state index in [4.69, 9.17) is 22.9 Å². The van der Waals surface area contributed by atoms with Crippen LogP contribution in [0.5, 0.6) is 23.0 Å². The van der Waals surface area contributed by atoms with E-state index in [2.05, 4.69) is 32.8 Å². The zero-order valence-electron chi connectivity index (χ0n) is 64.2. The van der Waals surface area contributed by atoms with Crippen LogP contribution in [0.2, 0.25) is 0 Å². The number of aliphatic hydroxyl groups excluding tert-OH is 1. The van der Waals surface area contributed by atoms with Crippen LogP contribution in [0.3, 0.4) is 0 Å². The Balaban J connectivity index is 0.000000106. The summed E-state index contributed by atoms with van der Waals surface area (Å²) >= 11 is 0. The van der Waals surface area contributed by atoms with Gasteiger partial charge in [0.2, 0.25) is 0 Å². The lowest BCUT2D eigenvalue weighted by atomic mass is 9.48. The van der Waals surface area contributed by atoms with Crippen LogP contribution in [0.1, 0.15) is 272 Å². The van der Waals surface area contributed by atoms with Gasteiger partial charge in [-0.2, -0.15) is 0 Å². The third-order valence-electron chi connectivity index (χ3n) is 32.5. The van der Waals surface area contributed by atoms with Crippen molar-refractivity contribution in [3.05, 3.63) is 140 Å². The van der Waals surface area contributed by atoms with Gasteiger partial charge in [0, 0.05) is 94.3 Å². The standard InChI is InChI=1S/C23H30N2O3.C23H30N2O2.2C22H30N2O3/c1-14-7-8-23(28)18-11-16-5-6-17(21(24)27)20(26)19(16)22(23,12-14)9-10-25(18)13-15-3-2-4-15;1-14-5-8-18-19-11-16-6-7-17(22(24)27)21(26)20(16)23(18,12-14)9-10-25(19)13-15-3-2-4-15;23-20(26)16-7-6-15-12-17-22(27)9-2-1-8-21(22,18(15)19(16)25)10-11-24(17)13-14-4-3-5-14;23-21(27)16-6-4-14-10-18-17-7-5-15(25)11-22(17,19(14)20(16)26)8-9-24(18)12-13-2-1-3-13/h5-6,15,18,26,28H,1-4,7-13H2,(H2,24,27);6-7,15,18-19,26H,1-5,8-13H2,(H2,24,27);6-7,14,17,25,27H,1-5,8-13H2,(H2,23,26);4,6,13,15,17-18,25-26H,1-3,5,7-12H2,(H2,23,27)/t18-,22-,23-;18-,19+,23-;17-,21+,22-;15-,17-,18+,22-/m1010/s1. The van der Waals surface area contributed by atoms with Crippen LogP contribution in [0.15, 0.2) is 72.8 Å². The number of allylic oxidation sites excluding steroid dienone is 2. The number of nitrogens with two attached hydrogens (primary N) is 4. The summed E-state index contributed by atoms with van der Waals surface area (Å²) in [6.45, 7) is 17.1. The third kappa shape index (κ3) is 12.1. The van der Waals surface area contributed by atoms with Crippen molar-refractivity contribution in [2.24, 2.45) is 58.4 Å². The number of carbonyl (C=O) groups excluding carboxylic acids is 4. The monoisotopic (exact) mass is 1490 g/mol. The van der Waals surface area contributed by atoms with Gasteiger partial charge in [-0.3, -0.25) is 38.8 Å². The van der Waals surface area contributed by atoms with E-state index in [0.29, 0.717) is 49.6 Å². The van der Waals surface area contributed by atoms with Gasteiger partial charge in [-0.15, -0.1) is 0 Å². The molecule has 0 aromatic heterocycles. The first-order valence-corrected chi connectivity index (χ1v) is 42.3. The number of phenols is 4. The van der Waals surface area contributed by atoms with Gasteiger partial charge in [0.25, 0.3) is 23.6 Å². The van der Waals surface area contributed by atoms with Crippen molar-refractivity contribution in [2.45, 2.75) is 275 Å². The van der Waals surface area contributed by atoms with Crippen LogP contribution in [0, 0.1) is 35.5 Å². The molecule has 586 valence electrons. The minimum atomic E-state index is -0.906. The molecule has 20 rings (SSSR count). The Labute approximate surface area is 643 Å². The molecule has 19 nitrogen and oxygen atoms in total. The largest absolute Gasteiger partial charge is 0.507 e. The third-order valence-corrected chi connectivity index (χ3v) is 32.5. The zero-order valence-corrected chi connectivity index (χ0v) is 64.2. The number of benzene rings is 4. The smallest absolute Gasteiger partial charge is 0.252 e. The van der Waals surface area contributed by atoms with E-state index in [1.165, 1.54) is 101 Å². The Morgan fingerprint density at radius 2 is 0.771 bits per heavy atom. The molecule has 4 aromatic carbocycles. The van der Waals surface area contributed by atoms with Gasteiger partial charge in [0.1, 0.15) is 23.0 Å². The maximum absolute atomic E-state index is 12.1. The van der Waals surface area contributed by atoms with E-state index in [1.807, 2.05) is 24.3 Å². The first kappa shape index (κ1) is 74.9. The Morgan fingerprint density at radius 1 is 0.394 bits per heavy atom. The summed E-state index contributed by atoms with van der Waals surface area (Å²) in [4.78, 5) is 57.9. The molecule has 8 saturated carbocycles. The molecule has 4 aliphatic heterocycles. The van der Waals surface area contributed by atoms with Crippen LogP contribution >= 0.6 is 0 Å². The highest BCUT2D eigenvalue weighted by atomic mass is 16.3. The van der Waals surface area contributed by atoms with Crippen molar-refractivity contribution in [1.82, 2.24) is 19.6 Å². The lowest BCUT2D eigenvalue weighted by Crippen LogP contribution is -2.73. The van der Waals surface area contributed by atoms with E-state index in [0.717, 1.165) is 217 Å². The molecular formula is C90H120N8O11. The van der Waals surface area contributed by atoms with E-state index >= 15 is 0 Å². The number of carbonyl (C=O) groups is 4. The Morgan fingerprint density at radius 3 is 1.23 bits per heavy atom. The van der Waals surface area contributed by atoms with Gasteiger partial charge in [0.15, 0.2) is 0 Å². The van der Waals surface area contributed by atoms with E-state index in [9.17, 15) is 54.9 Å². The van der Waals surface area contributed by atoms with Crippen molar-refractivity contribution in [3.63, 3.8) is 0 Å². The van der Waals surface area contributed by atoms with Crippen molar-refractivity contribution >= 4 is 23.6 Å². The fourth-order valence-corrected chi connectivity index (χ4v) is 26.4. The lowest BCUT2D eigenvalue weighted by molar-refractivity contribution is -0.169. The van der Waals surface area contributed by atoms with Crippen LogP contribution < -0.4 is 22.9 Å². The predicted molar refractivity (Wildman–Crippen MR) is 418 cm³/mol. The van der Waals surface area contributed by atoms with Crippen LogP contribution in [0.4, 0.5) is 0 Å². The number of fused-ring (bicyclic) bond motifs is 4. The number of hydrogen-bond donors (Lipinski definition) is 11. The summed E-state index contributed by atoms with van der Waals surface area (Å²) in [5.41, 5.74) is 30.3. The van der Waals surface area contributed by atoms with E-state index in [1.54, 1.807) is 24.3 Å². The zero-order chi connectivity index (χ0) is 76.0. The van der Waals surface area contributed by atoms with Gasteiger partial charge in [-0.1, -0.05) is 87.1 Å². The number of primary amides is 4. The van der Waals surface area contributed by atoms with Gasteiger partial charge >= 0.3 is 0 Å². The molecule has 109 heavy (non-hydrogen) atoms. The average Bonchev–Trinajstić information content (AvgIpc) is 0.694. The minimum absolute atomic E-state index is 0.0196. The van der Waals surface area contributed by atoms with Gasteiger partial charge in [-0.25, -0.2) is 0 Å². The van der Waals surface area contributed by atoms with Crippen molar-refractivity contribution in [2.75, 3.05) is 52.4 Å². The Bertz CT molecular complexity index is 4320. The fourth-order valence-electron chi connectivity index (χ4n) is 26.4. The molecule has 19 heteroatoms. The number of aliphatic hydroxyl groups is 3. The maximum atomic E-state index is 12.1. The van der Waals surface area contributed by atoms with Crippen molar-refractivity contribution in [3.8, 4) is 23.0 Å². The minimum Gasteiger partial charge on any atom is -0.507 e. The van der Waals surface area contributed by atoms with Crippen LogP contribution in [0.25, 0.3) is 0 Å². The molecule has 12 aliphatic carbocycles. The highest BCUT2D eigenvalue weighted by Crippen LogP contribution is 2.65. The maximum Gasteiger partial charge on any atom is 0.252 e. The molecule has 8 bridgehead atoms. The lowest BCUT2D eigenvalue weighted by Gasteiger charge is -2.64. The van der Waals surface area contributed by atoms with E-state index < -0.39 is 45.7 Å². The molecule has 4 saturated heterocycles.